The number of esters is 1. The predicted molar refractivity (Wildman–Crippen MR) is 68.5 cm³/mol. The Hall–Kier alpha value is -2.01. The summed E-state index contributed by atoms with van der Waals surface area (Å²) in [4.78, 5) is 15.5. The molecule has 2 aromatic rings. The van der Waals surface area contributed by atoms with Crippen LogP contribution in [0.25, 0.3) is 0 Å². The minimum atomic E-state index is -0.433. The number of hydrogen-bond acceptors (Lipinski definition) is 4. The maximum absolute atomic E-state index is 11.6. The molecule has 0 amide bonds. The normalized spacial score (nSPS) is 10.3. The van der Waals surface area contributed by atoms with Crippen LogP contribution in [0.1, 0.15) is 16.1 Å². The van der Waals surface area contributed by atoms with Gasteiger partial charge >= 0.3 is 5.97 Å². The largest absolute Gasteiger partial charge is 0.464 e. The van der Waals surface area contributed by atoms with Gasteiger partial charge in [0.15, 0.2) is 0 Å². The number of carbonyl (C=O) groups excluding carboxylic acids is 1. The fraction of sp³-hybridized carbons (Fsp3) is 0.167. The van der Waals surface area contributed by atoms with Crippen LogP contribution in [0.4, 0.5) is 5.69 Å². The third-order valence-electron chi connectivity index (χ3n) is 2.51. The minimum Gasteiger partial charge on any atom is -0.464 e. The Kier molecular flexibility index (Phi) is 3.53. The Labute approximate surface area is 109 Å². The number of carbonyl (C=O) groups is 1. The lowest BCUT2D eigenvalue weighted by atomic mass is 10.2. The van der Waals surface area contributed by atoms with Crippen molar-refractivity contribution in [2.75, 3.05) is 12.8 Å². The van der Waals surface area contributed by atoms with E-state index in [0.29, 0.717) is 22.9 Å². The number of halogens is 1. The van der Waals surface area contributed by atoms with Gasteiger partial charge in [0.2, 0.25) is 0 Å². The molecule has 0 bridgehead atoms. The van der Waals surface area contributed by atoms with E-state index in [-0.39, 0.29) is 0 Å². The van der Waals surface area contributed by atoms with Gasteiger partial charge in [-0.25, -0.2) is 4.79 Å². The van der Waals surface area contributed by atoms with Crippen LogP contribution in [0.5, 0.6) is 0 Å². The maximum Gasteiger partial charge on any atom is 0.354 e. The van der Waals surface area contributed by atoms with E-state index in [4.69, 9.17) is 22.1 Å². The van der Waals surface area contributed by atoms with Gasteiger partial charge < -0.3 is 15.0 Å². The first-order valence-electron chi connectivity index (χ1n) is 5.24. The van der Waals surface area contributed by atoms with Crippen molar-refractivity contribution < 1.29 is 9.53 Å². The Morgan fingerprint density at radius 1 is 1.61 bits per heavy atom. The molecular weight excluding hydrogens is 254 g/mol. The Bertz CT molecular complexity index is 580. The lowest BCUT2D eigenvalue weighted by Gasteiger charge is -2.08. The molecule has 0 aliphatic carbocycles. The van der Waals surface area contributed by atoms with Crippen LogP contribution in [0.2, 0.25) is 5.02 Å². The second kappa shape index (κ2) is 5.10. The summed E-state index contributed by atoms with van der Waals surface area (Å²) in [5.74, 6) is -0.433. The molecule has 0 fully saturated rings. The van der Waals surface area contributed by atoms with Crippen LogP contribution < -0.4 is 5.73 Å². The number of hydrogen-bond donors (Lipinski definition) is 1. The summed E-state index contributed by atoms with van der Waals surface area (Å²) in [6.07, 6.45) is 4.87. The van der Waals surface area contributed by atoms with Crippen molar-refractivity contribution in [1.29, 1.82) is 0 Å². The lowest BCUT2D eigenvalue weighted by Crippen LogP contribution is -2.10. The summed E-state index contributed by atoms with van der Waals surface area (Å²) in [5.41, 5.74) is 7.44. The zero-order valence-electron chi connectivity index (χ0n) is 9.76. The van der Waals surface area contributed by atoms with E-state index in [0.717, 1.165) is 5.56 Å². The van der Waals surface area contributed by atoms with E-state index < -0.39 is 5.97 Å². The monoisotopic (exact) mass is 265 g/mol. The zero-order valence-corrected chi connectivity index (χ0v) is 10.5. The molecule has 0 aliphatic rings. The lowest BCUT2D eigenvalue weighted by molar-refractivity contribution is 0.0589. The predicted octanol–water partition coefficient (Wildman–Crippen LogP) is 1.95. The van der Waals surface area contributed by atoms with Crippen LogP contribution in [0.3, 0.4) is 0 Å². The maximum atomic E-state index is 11.6. The smallest absolute Gasteiger partial charge is 0.354 e. The molecule has 0 saturated carbocycles. The number of rotatable bonds is 3. The van der Waals surface area contributed by atoms with E-state index in [1.165, 1.54) is 7.11 Å². The van der Waals surface area contributed by atoms with Crippen LogP contribution in [-0.4, -0.2) is 22.6 Å². The summed E-state index contributed by atoms with van der Waals surface area (Å²) < 4.78 is 6.39. The third kappa shape index (κ3) is 2.46. The van der Waals surface area contributed by atoms with E-state index >= 15 is 0 Å². The van der Waals surface area contributed by atoms with Crippen molar-refractivity contribution in [2.24, 2.45) is 0 Å². The third-order valence-corrected chi connectivity index (χ3v) is 2.85. The summed E-state index contributed by atoms with van der Waals surface area (Å²) in [5, 5.41) is 0.542. The summed E-state index contributed by atoms with van der Waals surface area (Å²) in [6.45, 7) is 0.434. The van der Waals surface area contributed by atoms with Crippen LogP contribution in [0.15, 0.2) is 30.7 Å². The van der Waals surface area contributed by atoms with Gasteiger partial charge in [0.25, 0.3) is 0 Å². The van der Waals surface area contributed by atoms with E-state index in [1.54, 1.807) is 35.3 Å². The Balaban J connectivity index is 2.35. The molecule has 2 rings (SSSR count). The second-order valence-electron chi connectivity index (χ2n) is 3.75. The van der Waals surface area contributed by atoms with Gasteiger partial charge in [-0.05, 0) is 17.7 Å². The highest BCUT2D eigenvalue weighted by Crippen LogP contribution is 2.18. The van der Waals surface area contributed by atoms with Crippen molar-refractivity contribution in [2.45, 2.75) is 6.54 Å². The van der Waals surface area contributed by atoms with Crippen molar-refractivity contribution in [1.82, 2.24) is 9.55 Å². The SMILES string of the molecule is COC(=O)c1cc(N)cn1Cc1ccncc1Cl. The molecule has 94 valence electrons. The molecule has 2 N–H and O–H groups in total. The Morgan fingerprint density at radius 2 is 2.39 bits per heavy atom. The van der Waals surface area contributed by atoms with Crippen molar-refractivity contribution in [3.8, 4) is 0 Å². The molecule has 5 nitrogen and oxygen atoms in total. The van der Waals surface area contributed by atoms with Crippen molar-refractivity contribution in [3.63, 3.8) is 0 Å². The number of ether oxygens (including phenoxy) is 1. The number of nitrogens with zero attached hydrogens (tertiary/aromatic N) is 2. The molecule has 0 unspecified atom stereocenters. The van der Waals surface area contributed by atoms with E-state index in [2.05, 4.69) is 4.98 Å². The van der Waals surface area contributed by atoms with Crippen molar-refractivity contribution in [3.05, 3.63) is 47.0 Å². The van der Waals surface area contributed by atoms with Crippen LogP contribution in [-0.2, 0) is 11.3 Å². The number of anilines is 1. The summed E-state index contributed by atoms with van der Waals surface area (Å²) in [7, 11) is 1.33. The molecule has 6 heteroatoms. The first kappa shape index (κ1) is 12.4. The molecule has 0 aliphatic heterocycles. The topological polar surface area (TPSA) is 70.1 Å². The first-order valence-corrected chi connectivity index (χ1v) is 5.62. The zero-order chi connectivity index (χ0) is 13.1. The average molecular weight is 266 g/mol. The minimum absolute atomic E-state index is 0.392. The molecule has 0 atom stereocenters. The Morgan fingerprint density at radius 3 is 3.06 bits per heavy atom. The van der Waals surface area contributed by atoms with Gasteiger partial charge in [0, 0.05) is 25.1 Å². The molecule has 18 heavy (non-hydrogen) atoms. The van der Waals surface area contributed by atoms with Crippen LogP contribution >= 0.6 is 11.6 Å². The number of aromatic nitrogens is 2. The number of nitrogens with two attached hydrogens (primary N) is 1. The van der Waals surface area contributed by atoms with Gasteiger partial charge in [-0.2, -0.15) is 0 Å². The molecule has 0 radical (unpaired) electrons. The second-order valence-corrected chi connectivity index (χ2v) is 4.15. The van der Waals surface area contributed by atoms with Crippen molar-refractivity contribution >= 4 is 23.3 Å². The van der Waals surface area contributed by atoms with E-state index in [9.17, 15) is 4.79 Å². The molecule has 0 saturated heterocycles. The number of nitrogen functional groups attached to an aromatic ring is 1. The molecule has 2 heterocycles. The number of pyridine rings is 1. The fourth-order valence-electron chi connectivity index (χ4n) is 1.65. The molecule has 0 aromatic carbocycles. The molecule has 2 aromatic heterocycles. The van der Waals surface area contributed by atoms with Gasteiger partial charge in [0.1, 0.15) is 5.69 Å². The molecule has 0 spiro atoms. The van der Waals surface area contributed by atoms with Gasteiger partial charge in [-0.15, -0.1) is 0 Å². The van der Waals surface area contributed by atoms with Gasteiger partial charge in [-0.1, -0.05) is 11.6 Å². The van der Waals surface area contributed by atoms with Crippen LogP contribution in [0, 0.1) is 0 Å². The van der Waals surface area contributed by atoms with Gasteiger partial charge in [0.05, 0.1) is 17.8 Å². The summed E-state index contributed by atoms with van der Waals surface area (Å²) >= 11 is 6.02. The average Bonchev–Trinajstić information content (AvgIpc) is 2.72. The first-order chi connectivity index (χ1) is 8.61. The summed E-state index contributed by atoms with van der Waals surface area (Å²) in [6, 6.07) is 3.36. The highest BCUT2D eigenvalue weighted by molar-refractivity contribution is 6.31. The fourth-order valence-corrected chi connectivity index (χ4v) is 1.83. The standard InChI is InChI=1S/C12H12ClN3O2/c1-18-12(17)11-4-9(14)7-16(11)6-8-2-3-15-5-10(8)13/h2-5,7H,6,14H2,1H3. The highest BCUT2D eigenvalue weighted by atomic mass is 35.5. The van der Waals surface area contributed by atoms with Gasteiger partial charge in [-0.3, -0.25) is 4.98 Å². The quantitative estimate of drug-likeness (QED) is 0.861. The molecular formula is C12H12ClN3O2. The highest BCUT2D eigenvalue weighted by Gasteiger charge is 2.14. The van der Waals surface area contributed by atoms with E-state index in [1.807, 2.05) is 0 Å². The number of methoxy groups -OCH3 is 1.